The van der Waals surface area contributed by atoms with Crippen LogP contribution in [0.25, 0.3) is 0 Å². The summed E-state index contributed by atoms with van der Waals surface area (Å²) in [6.45, 7) is 1.86. The number of aryl methyl sites for hydroxylation is 1. The maximum atomic E-state index is 12.5. The van der Waals surface area contributed by atoms with Crippen molar-refractivity contribution in [1.29, 1.82) is 0 Å². The van der Waals surface area contributed by atoms with Crippen molar-refractivity contribution in [3.63, 3.8) is 0 Å². The van der Waals surface area contributed by atoms with Crippen LogP contribution in [0.1, 0.15) is 11.1 Å². The van der Waals surface area contributed by atoms with Gasteiger partial charge in [0.05, 0.1) is 4.90 Å². The highest BCUT2D eigenvalue weighted by molar-refractivity contribution is 7.89. The number of hydrogen-bond donors (Lipinski definition) is 3. The van der Waals surface area contributed by atoms with Gasteiger partial charge in [0.1, 0.15) is 11.8 Å². The van der Waals surface area contributed by atoms with E-state index in [2.05, 4.69) is 10.0 Å². The molecular formula is C17H20N2O4S. The quantitative estimate of drug-likeness (QED) is 0.734. The predicted octanol–water partition coefficient (Wildman–Crippen LogP) is 1.34. The lowest BCUT2D eigenvalue weighted by molar-refractivity contribution is -0.122. The monoisotopic (exact) mass is 348 g/mol. The Kier molecular flexibility index (Phi) is 5.58. The zero-order chi connectivity index (χ0) is 17.7. The molecule has 2 aromatic carbocycles. The van der Waals surface area contributed by atoms with Crippen LogP contribution in [-0.4, -0.2) is 32.5 Å². The van der Waals surface area contributed by atoms with Crippen LogP contribution in [0.2, 0.25) is 0 Å². The Morgan fingerprint density at radius 3 is 2.21 bits per heavy atom. The summed E-state index contributed by atoms with van der Waals surface area (Å²) in [6.07, 6.45) is 0.172. The molecular weight excluding hydrogens is 328 g/mol. The summed E-state index contributed by atoms with van der Waals surface area (Å²) in [4.78, 5) is 12.2. The second-order valence-corrected chi connectivity index (χ2v) is 7.19. The third kappa shape index (κ3) is 4.56. The number of nitrogens with one attached hydrogen (secondary N) is 2. The van der Waals surface area contributed by atoms with E-state index in [1.807, 2.05) is 6.92 Å². The molecule has 0 saturated carbocycles. The first kappa shape index (κ1) is 18.0. The van der Waals surface area contributed by atoms with Crippen LogP contribution < -0.4 is 10.0 Å². The van der Waals surface area contributed by atoms with Crippen LogP contribution in [0.4, 0.5) is 0 Å². The van der Waals surface area contributed by atoms with Crippen molar-refractivity contribution in [2.45, 2.75) is 24.3 Å². The molecule has 0 aromatic heterocycles. The zero-order valence-electron chi connectivity index (χ0n) is 13.5. The van der Waals surface area contributed by atoms with Gasteiger partial charge in [0.2, 0.25) is 15.9 Å². The smallest absolute Gasteiger partial charge is 0.241 e. The third-order valence-electron chi connectivity index (χ3n) is 3.57. The van der Waals surface area contributed by atoms with Gasteiger partial charge in [-0.3, -0.25) is 4.79 Å². The van der Waals surface area contributed by atoms with E-state index in [1.54, 1.807) is 24.3 Å². The normalized spacial score (nSPS) is 12.6. The summed E-state index contributed by atoms with van der Waals surface area (Å²) >= 11 is 0. The van der Waals surface area contributed by atoms with Crippen molar-refractivity contribution in [3.05, 3.63) is 59.7 Å². The molecule has 0 unspecified atom stereocenters. The molecule has 0 radical (unpaired) electrons. The minimum atomic E-state index is -3.82. The molecule has 0 aliphatic heterocycles. The Labute approximate surface area is 141 Å². The van der Waals surface area contributed by atoms with Crippen LogP contribution in [-0.2, 0) is 21.2 Å². The number of carbonyl (C=O) groups is 1. The number of rotatable bonds is 6. The Balaban J connectivity index is 2.23. The molecule has 1 atom stereocenters. The van der Waals surface area contributed by atoms with E-state index in [0.29, 0.717) is 0 Å². The number of benzene rings is 2. The van der Waals surface area contributed by atoms with Gasteiger partial charge in [-0.05, 0) is 43.2 Å². The van der Waals surface area contributed by atoms with Crippen LogP contribution in [0, 0.1) is 6.92 Å². The lowest BCUT2D eigenvalue weighted by Gasteiger charge is -2.17. The SMILES string of the molecule is CNC(=O)[C@H](Cc1ccc(O)cc1)NS(=O)(=O)c1ccc(C)cc1. The number of phenols is 1. The summed E-state index contributed by atoms with van der Waals surface area (Å²) in [7, 11) is -2.37. The predicted molar refractivity (Wildman–Crippen MR) is 91.2 cm³/mol. The minimum Gasteiger partial charge on any atom is -0.508 e. The fourth-order valence-electron chi connectivity index (χ4n) is 2.20. The molecule has 0 bridgehead atoms. The number of aromatic hydroxyl groups is 1. The van der Waals surface area contributed by atoms with Gasteiger partial charge in [0.25, 0.3) is 0 Å². The van der Waals surface area contributed by atoms with Gasteiger partial charge >= 0.3 is 0 Å². The second kappa shape index (κ2) is 7.46. The number of carbonyl (C=O) groups excluding carboxylic acids is 1. The number of hydrogen-bond acceptors (Lipinski definition) is 4. The Morgan fingerprint density at radius 2 is 1.67 bits per heavy atom. The van der Waals surface area contributed by atoms with E-state index in [9.17, 15) is 18.3 Å². The van der Waals surface area contributed by atoms with E-state index in [0.717, 1.165) is 11.1 Å². The topological polar surface area (TPSA) is 95.5 Å². The maximum Gasteiger partial charge on any atom is 0.241 e. The standard InChI is InChI=1S/C17H20N2O4S/c1-12-3-9-15(10-4-12)24(22,23)19-16(17(21)18-2)11-13-5-7-14(20)8-6-13/h3-10,16,19-20H,11H2,1-2H3,(H,18,21)/t16-/m0/s1. The van der Waals surface area contributed by atoms with Gasteiger partial charge in [0, 0.05) is 7.05 Å². The van der Waals surface area contributed by atoms with Crippen LogP contribution in [0.3, 0.4) is 0 Å². The van der Waals surface area contributed by atoms with E-state index < -0.39 is 22.0 Å². The molecule has 7 heteroatoms. The van der Waals surface area contributed by atoms with Crippen LogP contribution >= 0.6 is 0 Å². The second-order valence-electron chi connectivity index (χ2n) is 5.47. The van der Waals surface area contributed by atoms with Gasteiger partial charge in [-0.25, -0.2) is 8.42 Å². The summed E-state index contributed by atoms with van der Waals surface area (Å²) in [5, 5.41) is 11.8. The van der Waals surface area contributed by atoms with Crippen molar-refractivity contribution in [1.82, 2.24) is 10.0 Å². The molecule has 2 aromatic rings. The van der Waals surface area contributed by atoms with Crippen molar-refractivity contribution in [3.8, 4) is 5.75 Å². The fourth-order valence-corrected chi connectivity index (χ4v) is 3.40. The Bertz CT molecular complexity index is 799. The molecule has 0 aliphatic rings. The average Bonchev–Trinajstić information content (AvgIpc) is 2.55. The molecule has 3 N–H and O–H groups in total. The van der Waals surface area contributed by atoms with E-state index in [-0.39, 0.29) is 17.1 Å². The molecule has 6 nitrogen and oxygen atoms in total. The van der Waals surface area contributed by atoms with Crippen molar-refractivity contribution in [2.75, 3.05) is 7.05 Å². The van der Waals surface area contributed by atoms with Gasteiger partial charge < -0.3 is 10.4 Å². The van der Waals surface area contributed by atoms with Crippen molar-refractivity contribution in [2.24, 2.45) is 0 Å². The molecule has 0 fully saturated rings. The van der Waals surface area contributed by atoms with Crippen molar-refractivity contribution < 1.29 is 18.3 Å². The van der Waals surface area contributed by atoms with Crippen LogP contribution in [0.15, 0.2) is 53.4 Å². The molecule has 2 rings (SSSR count). The molecule has 128 valence electrons. The largest absolute Gasteiger partial charge is 0.508 e. The number of sulfonamides is 1. The first-order valence-corrected chi connectivity index (χ1v) is 8.88. The van der Waals surface area contributed by atoms with Gasteiger partial charge in [0.15, 0.2) is 0 Å². The third-order valence-corrected chi connectivity index (χ3v) is 5.06. The highest BCUT2D eigenvalue weighted by atomic mass is 32.2. The average molecular weight is 348 g/mol. The summed E-state index contributed by atoms with van der Waals surface area (Å²) in [6, 6.07) is 11.7. The van der Waals surface area contributed by atoms with Gasteiger partial charge in [-0.15, -0.1) is 0 Å². The first-order valence-electron chi connectivity index (χ1n) is 7.40. The fraction of sp³-hybridized carbons (Fsp3) is 0.235. The summed E-state index contributed by atoms with van der Waals surface area (Å²) in [5.41, 5.74) is 1.67. The zero-order valence-corrected chi connectivity index (χ0v) is 14.3. The van der Waals surface area contributed by atoms with Crippen molar-refractivity contribution >= 4 is 15.9 Å². The van der Waals surface area contributed by atoms with E-state index in [4.69, 9.17) is 0 Å². The molecule has 1 amide bonds. The molecule has 0 heterocycles. The highest BCUT2D eigenvalue weighted by Crippen LogP contribution is 2.14. The molecule has 0 saturated heterocycles. The number of likely N-dealkylation sites (N-methyl/N-ethyl adjacent to an activating group) is 1. The summed E-state index contributed by atoms with van der Waals surface area (Å²) in [5.74, 6) is -0.325. The minimum absolute atomic E-state index is 0.104. The number of amides is 1. The lowest BCUT2D eigenvalue weighted by Crippen LogP contribution is -2.46. The van der Waals surface area contributed by atoms with Gasteiger partial charge in [-0.2, -0.15) is 4.72 Å². The Hall–Kier alpha value is -2.38. The molecule has 24 heavy (non-hydrogen) atoms. The summed E-state index contributed by atoms with van der Waals surface area (Å²) < 4.78 is 27.4. The molecule has 0 spiro atoms. The maximum absolute atomic E-state index is 12.5. The molecule has 0 aliphatic carbocycles. The first-order chi connectivity index (χ1) is 11.3. The lowest BCUT2D eigenvalue weighted by atomic mass is 10.1. The van der Waals surface area contributed by atoms with Crippen LogP contribution in [0.5, 0.6) is 5.75 Å². The van der Waals surface area contributed by atoms with E-state index in [1.165, 1.54) is 31.3 Å². The highest BCUT2D eigenvalue weighted by Gasteiger charge is 2.25. The van der Waals surface area contributed by atoms with E-state index >= 15 is 0 Å². The van der Waals surface area contributed by atoms with Gasteiger partial charge in [-0.1, -0.05) is 29.8 Å². The Morgan fingerprint density at radius 1 is 1.08 bits per heavy atom. The number of phenolic OH excluding ortho intramolecular Hbond substituents is 1.